The van der Waals surface area contributed by atoms with Crippen LogP contribution in [0.25, 0.3) is 0 Å². The molecule has 0 atom stereocenters. The van der Waals surface area contributed by atoms with Crippen molar-refractivity contribution in [3.63, 3.8) is 0 Å². The van der Waals surface area contributed by atoms with Crippen molar-refractivity contribution in [1.82, 2.24) is 0 Å². The van der Waals surface area contributed by atoms with E-state index in [2.05, 4.69) is 0 Å². The SMILES string of the molecule is CC(C)Oc1ccccc1.[CH3-].[Y].[Y]. The second-order valence-corrected chi connectivity index (χ2v) is 2.48. The Morgan fingerprint density at radius 1 is 1.00 bits per heavy atom. The van der Waals surface area contributed by atoms with E-state index in [4.69, 9.17) is 4.74 Å². The van der Waals surface area contributed by atoms with Crippen molar-refractivity contribution in [1.29, 1.82) is 0 Å². The van der Waals surface area contributed by atoms with Crippen LogP contribution < -0.4 is 4.74 Å². The molecular formula is C10H15OY2-. The van der Waals surface area contributed by atoms with Crippen molar-refractivity contribution in [2.24, 2.45) is 0 Å². The van der Waals surface area contributed by atoms with Crippen LogP contribution in [0.15, 0.2) is 30.3 Å². The zero-order valence-electron chi connectivity index (χ0n) is 8.53. The van der Waals surface area contributed by atoms with E-state index in [1.807, 2.05) is 44.2 Å². The molecular weight excluding hydrogens is 314 g/mol. The van der Waals surface area contributed by atoms with Gasteiger partial charge < -0.3 is 12.2 Å². The van der Waals surface area contributed by atoms with Gasteiger partial charge in [-0.05, 0) is 26.0 Å². The molecule has 0 amide bonds. The summed E-state index contributed by atoms with van der Waals surface area (Å²) in [6.45, 7) is 4.04. The maximum absolute atomic E-state index is 5.41. The van der Waals surface area contributed by atoms with Crippen LogP contribution in [0.4, 0.5) is 0 Å². The Bertz CT molecular complexity index is 187. The second kappa shape index (κ2) is 11.3. The first kappa shape index (κ1) is 19.7. The molecule has 68 valence electrons. The van der Waals surface area contributed by atoms with E-state index < -0.39 is 0 Å². The van der Waals surface area contributed by atoms with Gasteiger partial charge >= 0.3 is 0 Å². The zero-order chi connectivity index (χ0) is 7.40. The molecule has 0 fully saturated rings. The van der Waals surface area contributed by atoms with Gasteiger partial charge in [0.1, 0.15) is 5.75 Å². The normalized spacial score (nSPS) is 7.62. The number of hydrogen-bond acceptors (Lipinski definition) is 1. The number of rotatable bonds is 2. The van der Waals surface area contributed by atoms with Gasteiger partial charge in [-0.15, -0.1) is 0 Å². The third kappa shape index (κ3) is 9.53. The molecule has 1 aromatic rings. The van der Waals surface area contributed by atoms with E-state index >= 15 is 0 Å². The summed E-state index contributed by atoms with van der Waals surface area (Å²) in [5, 5.41) is 0. The summed E-state index contributed by atoms with van der Waals surface area (Å²) in [5.74, 6) is 0.942. The van der Waals surface area contributed by atoms with Crippen LogP contribution in [-0.2, 0) is 65.4 Å². The first-order chi connectivity index (χ1) is 4.79. The molecule has 0 saturated carbocycles. The zero-order valence-corrected chi connectivity index (χ0v) is 14.2. The van der Waals surface area contributed by atoms with E-state index in [9.17, 15) is 0 Å². The van der Waals surface area contributed by atoms with E-state index in [1.54, 1.807) is 0 Å². The van der Waals surface area contributed by atoms with Gasteiger partial charge in [-0.1, -0.05) is 18.2 Å². The van der Waals surface area contributed by atoms with E-state index in [-0.39, 0.29) is 78.9 Å². The van der Waals surface area contributed by atoms with Gasteiger partial charge in [0.05, 0.1) is 6.10 Å². The third-order valence-corrected chi connectivity index (χ3v) is 1.11. The van der Waals surface area contributed by atoms with Gasteiger partial charge in [-0.2, -0.15) is 0 Å². The van der Waals surface area contributed by atoms with Gasteiger partial charge in [-0.3, -0.25) is 0 Å². The molecule has 0 N–H and O–H groups in total. The second-order valence-electron chi connectivity index (χ2n) is 2.48. The standard InChI is InChI=1S/C9H12O.CH3.2Y/c1-8(2)10-9-6-4-3-5-7-9;;;/h3-8H,1-2H3;1H3;;/q;-1;;. The predicted molar refractivity (Wildman–Crippen MR) is 48.6 cm³/mol. The average molecular weight is 329 g/mol. The fourth-order valence-corrected chi connectivity index (χ4v) is 0.771. The Morgan fingerprint density at radius 3 is 1.85 bits per heavy atom. The Morgan fingerprint density at radius 2 is 1.46 bits per heavy atom. The first-order valence-electron chi connectivity index (χ1n) is 3.51. The summed E-state index contributed by atoms with van der Waals surface area (Å²) in [5.41, 5.74) is 0. The number of hydrogen-bond donors (Lipinski definition) is 0. The number of para-hydroxylation sites is 1. The fourth-order valence-electron chi connectivity index (χ4n) is 0.771. The first-order valence-corrected chi connectivity index (χ1v) is 3.51. The van der Waals surface area contributed by atoms with Crippen LogP contribution in [0, 0.1) is 7.43 Å². The summed E-state index contributed by atoms with van der Waals surface area (Å²) in [6, 6.07) is 9.84. The van der Waals surface area contributed by atoms with Gasteiger partial charge in [0.15, 0.2) is 0 Å². The Balaban J connectivity index is -0.000000333. The fraction of sp³-hybridized carbons (Fsp3) is 0.300. The third-order valence-electron chi connectivity index (χ3n) is 1.11. The van der Waals surface area contributed by atoms with Crippen molar-refractivity contribution in [3.05, 3.63) is 37.8 Å². The van der Waals surface area contributed by atoms with Crippen molar-refractivity contribution < 1.29 is 70.2 Å². The molecule has 13 heavy (non-hydrogen) atoms. The quantitative estimate of drug-likeness (QED) is 0.758. The van der Waals surface area contributed by atoms with Gasteiger partial charge in [0.2, 0.25) is 0 Å². The minimum Gasteiger partial charge on any atom is -0.491 e. The molecule has 2 radical (unpaired) electrons. The summed E-state index contributed by atoms with van der Waals surface area (Å²) in [6.07, 6.45) is 0.266. The van der Waals surface area contributed by atoms with Crippen LogP contribution in [0.5, 0.6) is 5.75 Å². The monoisotopic (exact) mass is 329 g/mol. The Labute approximate surface area is 132 Å². The van der Waals surface area contributed by atoms with Gasteiger partial charge in [0, 0.05) is 65.4 Å². The van der Waals surface area contributed by atoms with E-state index in [0.717, 1.165) is 5.75 Å². The molecule has 0 aliphatic heterocycles. The molecule has 1 aromatic carbocycles. The van der Waals surface area contributed by atoms with Crippen LogP contribution in [0.1, 0.15) is 13.8 Å². The van der Waals surface area contributed by atoms with Gasteiger partial charge in [-0.25, -0.2) is 0 Å². The largest absolute Gasteiger partial charge is 0.491 e. The molecule has 1 rings (SSSR count). The smallest absolute Gasteiger partial charge is 0.119 e. The summed E-state index contributed by atoms with van der Waals surface area (Å²) < 4.78 is 5.41. The molecule has 3 heteroatoms. The van der Waals surface area contributed by atoms with Crippen molar-refractivity contribution >= 4 is 0 Å². The molecule has 0 spiro atoms. The average Bonchev–Trinajstić information content (AvgIpc) is 1.88. The molecule has 1 nitrogen and oxygen atoms in total. The van der Waals surface area contributed by atoms with E-state index in [1.165, 1.54) is 0 Å². The van der Waals surface area contributed by atoms with Crippen LogP contribution in [-0.4, -0.2) is 6.10 Å². The van der Waals surface area contributed by atoms with Crippen molar-refractivity contribution in [2.45, 2.75) is 20.0 Å². The molecule has 0 saturated heterocycles. The summed E-state index contributed by atoms with van der Waals surface area (Å²) in [7, 11) is 0. The van der Waals surface area contributed by atoms with Gasteiger partial charge in [0.25, 0.3) is 0 Å². The maximum atomic E-state index is 5.41. The summed E-state index contributed by atoms with van der Waals surface area (Å²) in [4.78, 5) is 0. The predicted octanol–water partition coefficient (Wildman–Crippen LogP) is 2.92. The van der Waals surface area contributed by atoms with Crippen LogP contribution in [0.3, 0.4) is 0 Å². The Hall–Kier alpha value is 1.23. The van der Waals surface area contributed by atoms with Crippen molar-refractivity contribution in [3.8, 4) is 5.75 Å². The maximum Gasteiger partial charge on any atom is 0.119 e. The summed E-state index contributed by atoms with van der Waals surface area (Å²) >= 11 is 0. The minimum absolute atomic E-state index is 0. The minimum atomic E-state index is 0. The molecule has 0 unspecified atom stereocenters. The van der Waals surface area contributed by atoms with Crippen LogP contribution >= 0.6 is 0 Å². The number of benzene rings is 1. The number of ether oxygens (including phenoxy) is 1. The topological polar surface area (TPSA) is 9.23 Å². The molecule has 0 aliphatic rings. The molecule has 0 heterocycles. The van der Waals surface area contributed by atoms with Crippen LogP contribution in [0.2, 0.25) is 0 Å². The molecule has 0 aromatic heterocycles. The Kier molecular flexibility index (Phi) is 17.2. The molecule has 0 bridgehead atoms. The van der Waals surface area contributed by atoms with E-state index in [0.29, 0.717) is 0 Å². The van der Waals surface area contributed by atoms with Crippen molar-refractivity contribution in [2.75, 3.05) is 0 Å². The molecule has 0 aliphatic carbocycles.